The molecular weight excluding hydrogens is 359 g/mol. The maximum absolute atomic E-state index is 12.9. The molecule has 2 aromatic heterocycles. The molecule has 0 bridgehead atoms. The standard InChI is InChI=1S/C15H10F3N3OS2/c16-15(17,18)10-3-1-2-4-11(10)21-12(22)7-24-14-9-5-6-23-13(9)19-8-20-14/h1-6,8H,7H2,(H,21,22). The van der Waals surface area contributed by atoms with Gasteiger partial charge in [0.15, 0.2) is 0 Å². The smallest absolute Gasteiger partial charge is 0.325 e. The van der Waals surface area contributed by atoms with E-state index in [4.69, 9.17) is 0 Å². The van der Waals surface area contributed by atoms with Gasteiger partial charge in [-0.15, -0.1) is 11.3 Å². The Morgan fingerprint density at radius 3 is 2.79 bits per heavy atom. The summed E-state index contributed by atoms with van der Waals surface area (Å²) in [6.45, 7) is 0. The van der Waals surface area contributed by atoms with Crippen LogP contribution in [0.4, 0.5) is 18.9 Å². The predicted octanol–water partition coefficient (Wildman–Crippen LogP) is 4.44. The number of halogens is 3. The van der Waals surface area contributed by atoms with Crippen LogP contribution in [0, 0.1) is 0 Å². The highest BCUT2D eigenvalue weighted by atomic mass is 32.2. The summed E-state index contributed by atoms with van der Waals surface area (Å²) in [4.78, 5) is 21.0. The Morgan fingerprint density at radius 1 is 1.21 bits per heavy atom. The third-order valence-corrected chi connectivity index (χ3v) is 4.90. The van der Waals surface area contributed by atoms with Gasteiger partial charge in [0, 0.05) is 5.39 Å². The number of alkyl halides is 3. The van der Waals surface area contributed by atoms with Gasteiger partial charge in [0.1, 0.15) is 16.2 Å². The molecule has 0 aliphatic carbocycles. The highest BCUT2D eigenvalue weighted by Gasteiger charge is 2.33. The molecule has 2 heterocycles. The third kappa shape index (κ3) is 3.68. The van der Waals surface area contributed by atoms with E-state index in [0.29, 0.717) is 5.03 Å². The average molecular weight is 369 g/mol. The van der Waals surface area contributed by atoms with E-state index in [1.807, 2.05) is 11.4 Å². The number of carbonyl (C=O) groups is 1. The van der Waals surface area contributed by atoms with Gasteiger partial charge in [-0.3, -0.25) is 4.79 Å². The van der Waals surface area contributed by atoms with Crippen LogP contribution in [0.25, 0.3) is 10.2 Å². The second kappa shape index (κ2) is 6.78. The molecule has 4 nitrogen and oxygen atoms in total. The molecule has 0 aliphatic heterocycles. The zero-order chi connectivity index (χ0) is 17.2. The van der Waals surface area contributed by atoms with E-state index in [1.165, 1.54) is 35.9 Å². The summed E-state index contributed by atoms with van der Waals surface area (Å²) in [5, 5.41) is 5.63. The van der Waals surface area contributed by atoms with E-state index < -0.39 is 17.6 Å². The van der Waals surface area contributed by atoms with Crippen LogP contribution in [-0.2, 0) is 11.0 Å². The molecule has 0 saturated heterocycles. The lowest BCUT2D eigenvalue weighted by Gasteiger charge is -2.13. The molecule has 0 unspecified atom stereocenters. The highest BCUT2D eigenvalue weighted by molar-refractivity contribution is 8.00. The Kier molecular flexibility index (Phi) is 4.72. The van der Waals surface area contributed by atoms with Crippen molar-refractivity contribution in [3.8, 4) is 0 Å². The number of hydrogen-bond acceptors (Lipinski definition) is 5. The van der Waals surface area contributed by atoms with Gasteiger partial charge in [-0.25, -0.2) is 9.97 Å². The van der Waals surface area contributed by atoms with E-state index in [-0.39, 0.29) is 11.4 Å². The predicted molar refractivity (Wildman–Crippen MR) is 88.2 cm³/mol. The first-order valence-electron chi connectivity index (χ1n) is 6.72. The molecule has 3 aromatic rings. The van der Waals surface area contributed by atoms with Crippen LogP contribution in [0.1, 0.15) is 5.56 Å². The molecule has 3 rings (SSSR count). The number of benzene rings is 1. The zero-order valence-corrected chi connectivity index (χ0v) is 13.6. The van der Waals surface area contributed by atoms with Crippen LogP contribution in [-0.4, -0.2) is 21.6 Å². The van der Waals surface area contributed by atoms with Crippen molar-refractivity contribution in [2.45, 2.75) is 11.2 Å². The fourth-order valence-corrected chi connectivity index (χ4v) is 3.62. The number of nitrogens with one attached hydrogen (secondary N) is 1. The molecule has 0 spiro atoms. The van der Waals surface area contributed by atoms with Crippen LogP contribution in [0.15, 0.2) is 47.1 Å². The van der Waals surface area contributed by atoms with Crippen molar-refractivity contribution >= 4 is 44.9 Å². The lowest BCUT2D eigenvalue weighted by Crippen LogP contribution is -2.18. The summed E-state index contributed by atoms with van der Waals surface area (Å²) in [6, 6.07) is 6.73. The molecule has 0 radical (unpaired) electrons. The van der Waals surface area contributed by atoms with Crippen molar-refractivity contribution in [2.24, 2.45) is 0 Å². The van der Waals surface area contributed by atoms with Gasteiger partial charge in [0.2, 0.25) is 5.91 Å². The van der Waals surface area contributed by atoms with Gasteiger partial charge in [0.25, 0.3) is 0 Å². The quantitative estimate of drug-likeness (QED) is 0.546. The molecule has 0 fully saturated rings. The normalized spacial score (nSPS) is 11.6. The van der Waals surface area contributed by atoms with E-state index in [0.717, 1.165) is 28.0 Å². The molecule has 124 valence electrons. The zero-order valence-electron chi connectivity index (χ0n) is 12.0. The Bertz CT molecular complexity index is 880. The van der Waals surface area contributed by atoms with E-state index in [1.54, 1.807) is 0 Å². The summed E-state index contributed by atoms with van der Waals surface area (Å²) in [6.07, 6.45) is -3.12. The molecule has 24 heavy (non-hydrogen) atoms. The lowest BCUT2D eigenvalue weighted by atomic mass is 10.1. The molecule has 1 N–H and O–H groups in total. The molecule has 1 amide bonds. The van der Waals surface area contributed by atoms with Crippen molar-refractivity contribution < 1.29 is 18.0 Å². The Balaban J connectivity index is 1.70. The molecule has 1 aromatic carbocycles. The Labute approximate surface area is 143 Å². The summed E-state index contributed by atoms with van der Waals surface area (Å²) < 4.78 is 38.7. The van der Waals surface area contributed by atoms with Crippen molar-refractivity contribution in [2.75, 3.05) is 11.1 Å². The highest BCUT2D eigenvalue weighted by Crippen LogP contribution is 2.34. The number of rotatable bonds is 4. The monoisotopic (exact) mass is 369 g/mol. The van der Waals surface area contributed by atoms with Crippen molar-refractivity contribution in [3.05, 3.63) is 47.6 Å². The lowest BCUT2D eigenvalue weighted by molar-refractivity contribution is -0.137. The summed E-state index contributed by atoms with van der Waals surface area (Å²) >= 11 is 2.61. The number of para-hydroxylation sites is 1. The maximum Gasteiger partial charge on any atom is 0.418 e. The summed E-state index contributed by atoms with van der Waals surface area (Å²) in [5.41, 5.74) is -1.12. The van der Waals surface area contributed by atoms with Gasteiger partial charge in [-0.05, 0) is 23.6 Å². The van der Waals surface area contributed by atoms with Crippen LogP contribution >= 0.6 is 23.1 Å². The third-order valence-electron chi connectivity index (χ3n) is 3.07. The first-order valence-corrected chi connectivity index (χ1v) is 8.59. The maximum atomic E-state index is 12.9. The minimum atomic E-state index is -4.52. The van der Waals surface area contributed by atoms with E-state index >= 15 is 0 Å². The Hall–Kier alpha value is -2.13. The topological polar surface area (TPSA) is 54.9 Å². The van der Waals surface area contributed by atoms with E-state index in [2.05, 4.69) is 15.3 Å². The minimum absolute atomic E-state index is 0.0475. The number of nitrogens with zero attached hydrogens (tertiary/aromatic N) is 2. The summed E-state index contributed by atoms with van der Waals surface area (Å²) in [7, 11) is 0. The van der Waals surface area contributed by atoms with Gasteiger partial charge >= 0.3 is 6.18 Å². The van der Waals surface area contributed by atoms with Crippen LogP contribution in [0.2, 0.25) is 0 Å². The number of hydrogen-bond donors (Lipinski definition) is 1. The number of fused-ring (bicyclic) bond motifs is 1. The Morgan fingerprint density at radius 2 is 2.00 bits per heavy atom. The number of thiophene rings is 1. The molecule has 0 saturated carbocycles. The van der Waals surface area contributed by atoms with Gasteiger partial charge in [-0.1, -0.05) is 23.9 Å². The van der Waals surface area contributed by atoms with Gasteiger partial charge in [0.05, 0.1) is 17.0 Å². The van der Waals surface area contributed by atoms with Crippen LogP contribution in [0.5, 0.6) is 0 Å². The number of carbonyl (C=O) groups excluding carboxylic acids is 1. The average Bonchev–Trinajstić information content (AvgIpc) is 3.01. The fourth-order valence-electron chi connectivity index (χ4n) is 2.04. The minimum Gasteiger partial charge on any atom is -0.325 e. The first kappa shape index (κ1) is 16.7. The fraction of sp³-hybridized carbons (Fsp3) is 0.133. The van der Waals surface area contributed by atoms with Crippen LogP contribution in [0.3, 0.4) is 0 Å². The van der Waals surface area contributed by atoms with Crippen molar-refractivity contribution in [3.63, 3.8) is 0 Å². The van der Waals surface area contributed by atoms with E-state index in [9.17, 15) is 18.0 Å². The largest absolute Gasteiger partial charge is 0.418 e. The van der Waals surface area contributed by atoms with Gasteiger partial charge in [-0.2, -0.15) is 13.2 Å². The number of anilines is 1. The van der Waals surface area contributed by atoms with Crippen molar-refractivity contribution in [1.29, 1.82) is 0 Å². The van der Waals surface area contributed by atoms with Crippen LogP contribution < -0.4 is 5.32 Å². The first-order chi connectivity index (χ1) is 11.4. The molecular formula is C15H10F3N3OS2. The second-order valence-electron chi connectivity index (χ2n) is 4.70. The van der Waals surface area contributed by atoms with Gasteiger partial charge < -0.3 is 5.32 Å². The number of thioether (sulfide) groups is 1. The summed E-state index contributed by atoms with van der Waals surface area (Å²) in [5.74, 6) is -0.576. The number of amides is 1. The molecule has 9 heteroatoms. The number of aromatic nitrogens is 2. The molecule has 0 atom stereocenters. The molecule has 0 aliphatic rings. The van der Waals surface area contributed by atoms with Crippen molar-refractivity contribution in [1.82, 2.24) is 9.97 Å². The SMILES string of the molecule is O=C(CSc1ncnc2sccc12)Nc1ccccc1C(F)(F)F. The second-order valence-corrected chi connectivity index (χ2v) is 6.56.